The summed E-state index contributed by atoms with van der Waals surface area (Å²) < 4.78 is 5.30. The minimum absolute atomic E-state index is 0.384. The van der Waals surface area contributed by atoms with E-state index in [9.17, 15) is 0 Å². The van der Waals surface area contributed by atoms with Gasteiger partial charge in [0.1, 0.15) is 18.2 Å². The SMILES string of the molecule is CCOCc1nc(N)cc(N(CC)C(C)C)n1. The van der Waals surface area contributed by atoms with E-state index in [0.717, 1.165) is 12.4 Å². The second-order valence-corrected chi connectivity index (χ2v) is 4.08. The summed E-state index contributed by atoms with van der Waals surface area (Å²) in [6, 6.07) is 2.19. The molecule has 0 bridgehead atoms. The first-order valence-corrected chi connectivity index (χ1v) is 6.06. The van der Waals surface area contributed by atoms with Gasteiger partial charge in [-0.05, 0) is 27.7 Å². The van der Waals surface area contributed by atoms with Crippen LogP contribution in [0.15, 0.2) is 6.07 Å². The molecule has 5 heteroatoms. The summed E-state index contributed by atoms with van der Waals surface area (Å²) in [7, 11) is 0. The molecule has 0 fully saturated rings. The number of rotatable bonds is 6. The van der Waals surface area contributed by atoms with Crippen LogP contribution in [0.25, 0.3) is 0 Å². The number of nitrogens with two attached hydrogens (primary N) is 1. The zero-order valence-electron chi connectivity index (χ0n) is 11.1. The lowest BCUT2D eigenvalue weighted by Gasteiger charge is -2.26. The summed E-state index contributed by atoms with van der Waals surface area (Å²) >= 11 is 0. The summed E-state index contributed by atoms with van der Waals surface area (Å²) in [5.41, 5.74) is 5.79. The molecule has 0 aliphatic rings. The quantitative estimate of drug-likeness (QED) is 0.819. The molecule has 0 aliphatic carbocycles. The Kier molecular flexibility index (Phi) is 5.15. The molecule has 0 aromatic carbocycles. The van der Waals surface area contributed by atoms with Gasteiger partial charge in [-0.3, -0.25) is 0 Å². The van der Waals surface area contributed by atoms with Crippen LogP contribution in [0.5, 0.6) is 0 Å². The van der Waals surface area contributed by atoms with E-state index in [1.165, 1.54) is 0 Å². The van der Waals surface area contributed by atoms with E-state index in [1.54, 1.807) is 6.07 Å². The predicted octanol–water partition coefficient (Wildman–Crippen LogP) is 1.83. The Balaban J connectivity index is 2.94. The van der Waals surface area contributed by atoms with Crippen molar-refractivity contribution < 1.29 is 4.74 Å². The van der Waals surface area contributed by atoms with Gasteiger partial charge in [0, 0.05) is 25.3 Å². The lowest BCUT2D eigenvalue weighted by Crippen LogP contribution is -2.31. The van der Waals surface area contributed by atoms with E-state index in [2.05, 4.69) is 35.6 Å². The van der Waals surface area contributed by atoms with Gasteiger partial charge in [0.25, 0.3) is 0 Å². The van der Waals surface area contributed by atoms with Crippen LogP contribution in [0.2, 0.25) is 0 Å². The third-order valence-corrected chi connectivity index (χ3v) is 2.47. The molecule has 0 atom stereocenters. The Labute approximate surface area is 103 Å². The highest BCUT2D eigenvalue weighted by atomic mass is 16.5. The number of ether oxygens (including phenoxy) is 1. The second-order valence-electron chi connectivity index (χ2n) is 4.08. The van der Waals surface area contributed by atoms with Crippen molar-refractivity contribution in [1.29, 1.82) is 0 Å². The van der Waals surface area contributed by atoms with Crippen molar-refractivity contribution in [3.05, 3.63) is 11.9 Å². The lowest BCUT2D eigenvalue weighted by molar-refractivity contribution is 0.128. The normalized spacial score (nSPS) is 10.9. The highest BCUT2D eigenvalue weighted by molar-refractivity contribution is 5.47. The number of aromatic nitrogens is 2. The standard InChI is InChI=1S/C12H22N4O/c1-5-16(9(3)4)12-7-10(13)14-11(15-12)8-17-6-2/h7,9H,5-6,8H2,1-4H3,(H2,13,14,15). The summed E-state index contributed by atoms with van der Waals surface area (Å²) in [5.74, 6) is 1.99. The first kappa shape index (κ1) is 13.7. The van der Waals surface area contributed by atoms with E-state index >= 15 is 0 Å². The zero-order chi connectivity index (χ0) is 12.8. The van der Waals surface area contributed by atoms with Crippen molar-refractivity contribution in [2.45, 2.75) is 40.3 Å². The summed E-state index contributed by atoms with van der Waals surface area (Å²) in [4.78, 5) is 10.8. The van der Waals surface area contributed by atoms with E-state index in [0.29, 0.717) is 30.9 Å². The smallest absolute Gasteiger partial charge is 0.158 e. The van der Waals surface area contributed by atoms with Crippen LogP contribution in [0, 0.1) is 0 Å². The highest BCUT2D eigenvalue weighted by Crippen LogP contribution is 2.16. The maximum absolute atomic E-state index is 5.79. The number of hydrogen-bond acceptors (Lipinski definition) is 5. The van der Waals surface area contributed by atoms with Gasteiger partial charge in [-0.15, -0.1) is 0 Å². The molecule has 0 saturated carbocycles. The third kappa shape index (κ3) is 3.85. The highest BCUT2D eigenvalue weighted by Gasteiger charge is 2.12. The molecule has 96 valence electrons. The average molecular weight is 238 g/mol. The first-order valence-electron chi connectivity index (χ1n) is 6.06. The Bertz CT molecular complexity index is 354. The molecule has 0 unspecified atom stereocenters. The molecular formula is C12H22N4O. The fourth-order valence-corrected chi connectivity index (χ4v) is 1.70. The summed E-state index contributed by atoms with van der Waals surface area (Å²) in [5, 5.41) is 0. The molecule has 0 spiro atoms. The number of nitrogen functional groups attached to an aromatic ring is 1. The van der Waals surface area contributed by atoms with Crippen molar-refractivity contribution in [1.82, 2.24) is 9.97 Å². The molecule has 1 aromatic heterocycles. The van der Waals surface area contributed by atoms with E-state index in [-0.39, 0.29) is 0 Å². The van der Waals surface area contributed by atoms with Crippen molar-refractivity contribution in [3.63, 3.8) is 0 Å². The Morgan fingerprint density at radius 1 is 1.35 bits per heavy atom. The Morgan fingerprint density at radius 3 is 2.59 bits per heavy atom. The average Bonchev–Trinajstić information content (AvgIpc) is 2.26. The second kappa shape index (κ2) is 6.39. The third-order valence-electron chi connectivity index (χ3n) is 2.47. The van der Waals surface area contributed by atoms with E-state index < -0.39 is 0 Å². The molecule has 5 nitrogen and oxygen atoms in total. The molecule has 0 saturated heterocycles. The largest absolute Gasteiger partial charge is 0.384 e. The minimum Gasteiger partial charge on any atom is -0.384 e. The van der Waals surface area contributed by atoms with Crippen molar-refractivity contribution in [2.24, 2.45) is 0 Å². The number of hydrogen-bond donors (Lipinski definition) is 1. The monoisotopic (exact) mass is 238 g/mol. The summed E-state index contributed by atoms with van der Waals surface area (Å²) in [6.07, 6.45) is 0. The van der Waals surface area contributed by atoms with Crippen molar-refractivity contribution in [3.8, 4) is 0 Å². The molecule has 1 rings (SSSR count). The molecular weight excluding hydrogens is 216 g/mol. The van der Waals surface area contributed by atoms with Gasteiger partial charge in [0.2, 0.25) is 0 Å². The topological polar surface area (TPSA) is 64.3 Å². The minimum atomic E-state index is 0.384. The molecule has 0 radical (unpaired) electrons. The van der Waals surface area contributed by atoms with Gasteiger partial charge in [0.15, 0.2) is 5.82 Å². The fraction of sp³-hybridized carbons (Fsp3) is 0.667. The maximum atomic E-state index is 5.79. The number of anilines is 2. The van der Waals surface area contributed by atoms with Crippen LogP contribution >= 0.6 is 0 Å². The van der Waals surface area contributed by atoms with Gasteiger partial charge in [-0.1, -0.05) is 0 Å². The van der Waals surface area contributed by atoms with Gasteiger partial charge < -0.3 is 15.4 Å². The maximum Gasteiger partial charge on any atom is 0.158 e. The lowest BCUT2D eigenvalue weighted by atomic mass is 10.3. The van der Waals surface area contributed by atoms with Crippen LogP contribution in [-0.2, 0) is 11.3 Å². The Morgan fingerprint density at radius 2 is 2.06 bits per heavy atom. The van der Waals surface area contributed by atoms with Gasteiger partial charge >= 0.3 is 0 Å². The molecule has 0 amide bonds. The van der Waals surface area contributed by atoms with Crippen LogP contribution in [0.1, 0.15) is 33.5 Å². The molecule has 0 aliphatic heterocycles. The van der Waals surface area contributed by atoms with Gasteiger partial charge in [-0.25, -0.2) is 9.97 Å². The molecule has 2 N–H and O–H groups in total. The van der Waals surface area contributed by atoms with Gasteiger partial charge in [0.05, 0.1) is 0 Å². The molecule has 1 heterocycles. The predicted molar refractivity (Wildman–Crippen MR) is 69.9 cm³/mol. The van der Waals surface area contributed by atoms with Crippen LogP contribution < -0.4 is 10.6 Å². The number of nitrogens with zero attached hydrogens (tertiary/aromatic N) is 3. The van der Waals surface area contributed by atoms with E-state index in [4.69, 9.17) is 10.5 Å². The van der Waals surface area contributed by atoms with Crippen molar-refractivity contribution in [2.75, 3.05) is 23.8 Å². The van der Waals surface area contributed by atoms with E-state index in [1.807, 2.05) is 6.92 Å². The van der Waals surface area contributed by atoms with Crippen LogP contribution in [-0.4, -0.2) is 29.2 Å². The molecule has 17 heavy (non-hydrogen) atoms. The van der Waals surface area contributed by atoms with Crippen LogP contribution in [0.4, 0.5) is 11.6 Å². The summed E-state index contributed by atoms with van der Waals surface area (Å²) in [6.45, 7) is 10.2. The van der Waals surface area contributed by atoms with Gasteiger partial charge in [-0.2, -0.15) is 0 Å². The van der Waals surface area contributed by atoms with Crippen molar-refractivity contribution >= 4 is 11.6 Å². The molecule has 1 aromatic rings. The fourth-order valence-electron chi connectivity index (χ4n) is 1.70. The first-order chi connectivity index (χ1) is 8.08. The van der Waals surface area contributed by atoms with Crippen LogP contribution in [0.3, 0.4) is 0 Å². The Hall–Kier alpha value is -1.36. The zero-order valence-corrected chi connectivity index (χ0v) is 11.1.